The Labute approximate surface area is 124 Å². The van der Waals surface area contributed by atoms with Crippen LogP contribution in [0.1, 0.15) is 37.7 Å². The Morgan fingerprint density at radius 2 is 1.86 bits per heavy atom. The predicted molar refractivity (Wildman–Crippen MR) is 79.7 cm³/mol. The number of hydrogen-bond acceptors (Lipinski definition) is 3. The monoisotopic (exact) mass is 290 g/mol. The van der Waals surface area contributed by atoms with E-state index in [9.17, 15) is 14.7 Å². The van der Waals surface area contributed by atoms with E-state index < -0.39 is 17.6 Å². The summed E-state index contributed by atoms with van der Waals surface area (Å²) in [4.78, 5) is 23.4. The molecule has 0 aliphatic heterocycles. The molecule has 1 aliphatic rings. The molecule has 0 radical (unpaired) electrons. The number of nitrogens with two attached hydrogens (primary N) is 1. The van der Waals surface area contributed by atoms with E-state index in [0.717, 1.165) is 31.2 Å². The fraction of sp³-hybridized carbons (Fsp3) is 0.500. The van der Waals surface area contributed by atoms with E-state index in [-0.39, 0.29) is 18.7 Å². The highest BCUT2D eigenvalue weighted by Crippen LogP contribution is 2.29. The average Bonchev–Trinajstić information content (AvgIpc) is 2.85. The number of hydrogen-bond donors (Lipinski definition) is 3. The van der Waals surface area contributed by atoms with Crippen molar-refractivity contribution in [1.29, 1.82) is 0 Å². The second-order valence-corrected chi connectivity index (χ2v) is 5.89. The normalized spacial score (nSPS) is 18.1. The molecule has 0 bridgehead atoms. The van der Waals surface area contributed by atoms with Gasteiger partial charge in [-0.25, -0.2) is 4.79 Å². The van der Waals surface area contributed by atoms with Crippen LogP contribution in [0.4, 0.5) is 0 Å². The summed E-state index contributed by atoms with van der Waals surface area (Å²) in [6, 6.07) is 8.36. The molecule has 1 saturated carbocycles. The van der Waals surface area contributed by atoms with E-state index in [0.29, 0.717) is 0 Å². The fourth-order valence-electron chi connectivity index (χ4n) is 2.87. The summed E-state index contributed by atoms with van der Waals surface area (Å²) < 4.78 is 0. The van der Waals surface area contributed by atoms with E-state index in [1.165, 1.54) is 0 Å². The van der Waals surface area contributed by atoms with Crippen LogP contribution >= 0.6 is 0 Å². The number of benzene rings is 1. The van der Waals surface area contributed by atoms with Gasteiger partial charge < -0.3 is 16.2 Å². The number of carboxylic acid groups (broad SMARTS) is 1. The van der Waals surface area contributed by atoms with Crippen LogP contribution < -0.4 is 11.1 Å². The average molecular weight is 290 g/mol. The van der Waals surface area contributed by atoms with Gasteiger partial charge in [0, 0.05) is 18.4 Å². The van der Waals surface area contributed by atoms with Crippen molar-refractivity contribution in [2.75, 3.05) is 0 Å². The maximum atomic E-state index is 12.1. The number of carboxylic acids is 1. The van der Waals surface area contributed by atoms with Crippen molar-refractivity contribution in [3.63, 3.8) is 0 Å². The minimum Gasteiger partial charge on any atom is -0.480 e. The smallest absolute Gasteiger partial charge is 0.326 e. The lowest BCUT2D eigenvalue weighted by Crippen LogP contribution is -2.47. The third kappa shape index (κ3) is 4.56. The predicted octanol–water partition coefficient (Wildman–Crippen LogP) is 1.46. The van der Waals surface area contributed by atoms with E-state index in [1.807, 2.05) is 30.3 Å². The zero-order valence-electron chi connectivity index (χ0n) is 12.0. The lowest BCUT2D eigenvalue weighted by Gasteiger charge is -2.24. The molecule has 5 nitrogen and oxygen atoms in total. The molecule has 1 unspecified atom stereocenters. The molecule has 4 N–H and O–H groups in total. The fourth-order valence-corrected chi connectivity index (χ4v) is 2.87. The largest absolute Gasteiger partial charge is 0.480 e. The molecule has 1 amide bonds. The van der Waals surface area contributed by atoms with Crippen molar-refractivity contribution in [2.45, 2.75) is 50.1 Å². The van der Waals surface area contributed by atoms with Gasteiger partial charge in [-0.15, -0.1) is 0 Å². The zero-order valence-corrected chi connectivity index (χ0v) is 12.0. The maximum Gasteiger partial charge on any atom is 0.326 e. The summed E-state index contributed by atoms with van der Waals surface area (Å²) in [5, 5.41) is 11.9. The van der Waals surface area contributed by atoms with Gasteiger partial charge in [0.25, 0.3) is 0 Å². The van der Waals surface area contributed by atoms with Gasteiger partial charge in [-0.05, 0) is 18.4 Å². The molecule has 1 atom stereocenters. The molecule has 1 aromatic carbocycles. The third-order valence-corrected chi connectivity index (χ3v) is 4.03. The summed E-state index contributed by atoms with van der Waals surface area (Å²) in [6.45, 7) is 0. The van der Waals surface area contributed by atoms with Crippen molar-refractivity contribution in [2.24, 2.45) is 5.73 Å². The van der Waals surface area contributed by atoms with Gasteiger partial charge in [-0.2, -0.15) is 0 Å². The van der Waals surface area contributed by atoms with Crippen molar-refractivity contribution in [1.82, 2.24) is 5.32 Å². The van der Waals surface area contributed by atoms with Crippen LogP contribution in [0.5, 0.6) is 0 Å². The molecule has 21 heavy (non-hydrogen) atoms. The van der Waals surface area contributed by atoms with Gasteiger partial charge >= 0.3 is 5.97 Å². The van der Waals surface area contributed by atoms with Gasteiger partial charge in [0.1, 0.15) is 6.04 Å². The summed E-state index contributed by atoms with van der Waals surface area (Å²) in [5.74, 6) is -1.30. The Hall–Kier alpha value is -1.88. The molecule has 0 heterocycles. The highest BCUT2D eigenvalue weighted by Gasteiger charge is 2.32. The van der Waals surface area contributed by atoms with Gasteiger partial charge in [0.05, 0.1) is 0 Å². The SMILES string of the molecule is NC1(CC(=O)NC(Cc2ccccc2)C(=O)O)CCCC1. The molecule has 1 fully saturated rings. The van der Waals surface area contributed by atoms with Crippen molar-refractivity contribution in [3.05, 3.63) is 35.9 Å². The topological polar surface area (TPSA) is 92.4 Å². The van der Waals surface area contributed by atoms with E-state index in [4.69, 9.17) is 5.73 Å². The lowest BCUT2D eigenvalue weighted by molar-refractivity contribution is -0.142. The van der Waals surface area contributed by atoms with Gasteiger partial charge in [0.15, 0.2) is 0 Å². The summed E-state index contributed by atoms with van der Waals surface area (Å²) in [6.07, 6.45) is 4.21. The lowest BCUT2D eigenvalue weighted by atomic mass is 9.94. The summed E-state index contributed by atoms with van der Waals surface area (Å²) in [5.41, 5.74) is 6.58. The first-order chi connectivity index (χ1) is 9.98. The van der Waals surface area contributed by atoms with Crippen LogP contribution in [-0.2, 0) is 16.0 Å². The summed E-state index contributed by atoms with van der Waals surface area (Å²) >= 11 is 0. The number of nitrogens with one attached hydrogen (secondary N) is 1. The second-order valence-electron chi connectivity index (χ2n) is 5.89. The third-order valence-electron chi connectivity index (χ3n) is 4.03. The van der Waals surface area contributed by atoms with Crippen LogP contribution in [-0.4, -0.2) is 28.6 Å². The first-order valence-electron chi connectivity index (χ1n) is 7.33. The van der Waals surface area contributed by atoms with E-state index in [2.05, 4.69) is 5.32 Å². The van der Waals surface area contributed by atoms with Crippen LogP contribution in [0, 0.1) is 0 Å². The molecule has 1 aromatic rings. The molecule has 0 saturated heterocycles. The zero-order chi connectivity index (χ0) is 15.3. The van der Waals surface area contributed by atoms with Crippen molar-refractivity contribution in [3.8, 4) is 0 Å². The Kier molecular flexibility index (Phi) is 4.96. The maximum absolute atomic E-state index is 12.1. The van der Waals surface area contributed by atoms with Gasteiger partial charge in [-0.1, -0.05) is 43.2 Å². The van der Waals surface area contributed by atoms with Gasteiger partial charge in [-0.3, -0.25) is 4.79 Å². The van der Waals surface area contributed by atoms with Crippen molar-refractivity contribution >= 4 is 11.9 Å². The number of rotatable bonds is 6. The number of amides is 1. The van der Waals surface area contributed by atoms with Crippen LogP contribution in [0.15, 0.2) is 30.3 Å². The highest BCUT2D eigenvalue weighted by molar-refractivity contribution is 5.84. The molecule has 0 spiro atoms. The number of aliphatic carboxylic acids is 1. The number of carbonyl (C=O) groups is 2. The molecule has 0 aromatic heterocycles. The minimum atomic E-state index is -1.02. The molecule has 1 aliphatic carbocycles. The minimum absolute atomic E-state index is 0.200. The van der Waals surface area contributed by atoms with Crippen molar-refractivity contribution < 1.29 is 14.7 Å². The van der Waals surface area contributed by atoms with Gasteiger partial charge in [0.2, 0.25) is 5.91 Å². The molecular formula is C16H22N2O3. The highest BCUT2D eigenvalue weighted by atomic mass is 16.4. The van der Waals surface area contributed by atoms with E-state index in [1.54, 1.807) is 0 Å². The molecular weight excluding hydrogens is 268 g/mol. The van der Waals surface area contributed by atoms with Crippen LogP contribution in [0.2, 0.25) is 0 Å². The molecule has 2 rings (SSSR count). The Balaban J connectivity index is 1.93. The first-order valence-corrected chi connectivity index (χ1v) is 7.33. The standard InChI is InChI=1S/C16H22N2O3/c17-16(8-4-5-9-16)11-14(19)18-13(15(20)21)10-12-6-2-1-3-7-12/h1-3,6-7,13H,4-5,8-11,17H2,(H,18,19)(H,20,21). The van der Waals surface area contributed by atoms with E-state index >= 15 is 0 Å². The Bertz CT molecular complexity index is 496. The van der Waals surface area contributed by atoms with Crippen LogP contribution in [0.3, 0.4) is 0 Å². The summed E-state index contributed by atoms with van der Waals surface area (Å²) in [7, 11) is 0. The first kappa shape index (κ1) is 15.5. The second kappa shape index (κ2) is 6.72. The Morgan fingerprint density at radius 3 is 2.43 bits per heavy atom. The number of carbonyl (C=O) groups excluding carboxylic acids is 1. The van der Waals surface area contributed by atoms with Crippen LogP contribution in [0.25, 0.3) is 0 Å². The molecule has 114 valence electrons. The molecule has 5 heteroatoms. The quantitative estimate of drug-likeness (QED) is 0.739. The Morgan fingerprint density at radius 1 is 1.24 bits per heavy atom.